The number of quaternary nitrogens is 2. The Morgan fingerprint density at radius 1 is 0.442 bits per heavy atom. The maximum atomic E-state index is 13.0. The van der Waals surface area contributed by atoms with Gasteiger partial charge < -0.3 is 0 Å². The third kappa shape index (κ3) is 4.50. The van der Waals surface area contributed by atoms with Crippen molar-refractivity contribution in [2.75, 3.05) is 0 Å². The number of hydrogen-bond donors (Lipinski definition) is 0. The van der Waals surface area contributed by atoms with Crippen molar-refractivity contribution in [1.82, 2.24) is 9.29 Å². The zero-order valence-corrected chi connectivity index (χ0v) is 23.5. The number of hydrogen-bond acceptors (Lipinski definition) is 6. The van der Waals surface area contributed by atoms with Crippen LogP contribution in [0.5, 0.6) is 11.5 Å². The Hall–Kier alpha value is -5.44. The molecule has 8 nitrogen and oxygen atoms in total. The van der Waals surface area contributed by atoms with Crippen LogP contribution in [0.3, 0.4) is 0 Å². The molecular formula is C35H28N2O6+2. The average molecular weight is 573 g/mol. The van der Waals surface area contributed by atoms with Gasteiger partial charge in [0, 0.05) is 39.0 Å². The number of nitrogens with zero attached hydrogens (tertiary/aromatic N) is 2. The van der Waals surface area contributed by atoms with Crippen LogP contribution in [0.2, 0.25) is 0 Å². The lowest BCUT2D eigenvalue weighted by Crippen LogP contribution is -2.57. The fourth-order valence-corrected chi connectivity index (χ4v) is 5.34. The second-order valence-electron chi connectivity index (χ2n) is 10.8. The molecule has 0 radical (unpaired) electrons. The molecule has 0 unspecified atom stereocenters. The highest BCUT2D eigenvalue weighted by molar-refractivity contribution is 6.22. The molecule has 4 aromatic carbocycles. The van der Waals surface area contributed by atoms with Crippen molar-refractivity contribution in [3.05, 3.63) is 145 Å². The molecule has 0 saturated carbocycles. The van der Waals surface area contributed by atoms with Crippen molar-refractivity contribution in [2.45, 2.75) is 19.3 Å². The summed E-state index contributed by atoms with van der Waals surface area (Å²) in [6.07, 6.45) is 4.92. The first-order valence-electron chi connectivity index (χ1n) is 13.7. The summed E-state index contributed by atoms with van der Waals surface area (Å²) in [6.45, 7) is 4.07. The molecule has 2 aliphatic rings. The molecule has 8 heteroatoms. The third-order valence-corrected chi connectivity index (χ3v) is 7.85. The van der Waals surface area contributed by atoms with E-state index in [4.69, 9.17) is 9.68 Å². The molecule has 2 aliphatic heterocycles. The molecule has 0 saturated heterocycles. The standard InChI is InChI=1S/C35H28N2O6/c1-35(2,25-13-17-27(18-14-25)36(31(38)21-22-32(36)39)42-29-9-5-3-6-10-29)26-15-19-28(20-16-26)37(33(40)23-24-34(37)41)43-30-11-7-4-8-12-30/h3-24H,1-2H3/q+2. The van der Waals surface area contributed by atoms with Gasteiger partial charge in [-0.05, 0) is 35.4 Å². The number of para-hydroxylation sites is 2. The zero-order valence-electron chi connectivity index (χ0n) is 23.5. The quantitative estimate of drug-likeness (QED) is 0.194. The van der Waals surface area contributed by atoms with E-state index in [1.54, 1.807) is 72.8 Å². The molecule has 212 valence electrons. The number of benzene rings is 4. The molecule has 2 heterocycles. The molecule has 0 aromatic heterocycles. The van der Waals surface area contributed by atoms with Crippen LogP contribution < -0.4 is 19.0 Å². The third-order valence-electron chi connectivity index (χ3n) is 7.85. The van der Waals surface area contributed by atoms with E-state index in [9.17, 15) is 19.2 Å². The maximum Gasteiger partial charge on any atom is 0.393 e. The van der Waals surface area contributed by atoms with Gasteiger partial charge in [-0.15, -0.1) is 0 Å². The monoisotopic (exact) mass is 572 g/mol. The van der Waals surface area contributed by atoms with Gasteiger partial charge in [-0.3, -0.25) is 9.68 Å². The van der Waals surface area contributed by atoms with Crippen molar-refractivity contribution in [3.8, 4) is 11.5 Å². The van der Waals surface area contributed by atoms with E-state index in [-0.39, 0.29) is 0 Å². The molecule has 6 rings (SSSR count). The van der Waals surface area contributed by atoms with Crippen molar-refractivity contribution in [2.24, 2.45) is 0 Å². The Morgan fingerprint density at radius 3 is 1.05 bits per heavy atom. The number of amides is 4. The molecule has 4 aromatic rings. The van der Waals surface area contributed by atoms with Crippen LogP contribution in [0.15, 0.2) is 133 Å². The summed E-state index contributed by atoms with van der Waals surface area (Å²) in [5.41, 5.74) is 2.05. The summed E-state index contributed by atoms with van der Waals surface area (Å²) in [4.78, 5) is 64.1. The number of carbonyl (C=O) groups is 4. The Balaban J connectivity index is 1.31. The Bertz CT molecular complexity index is 1620. The normalized spacial score (nSPS) is 17.0. The van der Waals surface area contributed by atoms with Crippen LogP contribution in [0, 0.1) is 0 Å². The molecule has 0 N–H and O–H groups in total. The van der Waals surface area contributed by atoms with E-state index < -0.39 is 38.3 Å². The van der Waals surface area contributed by atoms with Gasteiger partial charge in [0.25, 0.3) is 0 Å². The summed E-state index contributed by atoms with van der Waals surface area (Å²) >= 11 is 0. The van der Waals surface area contributed by atoms with E-state index in [0.29, 0.717) is 22.9 Å². The van der Waals surface area contributed by atoms with Gasteiger partial charge in [-0.2, -0.15) is 0 Å². The number of carbonyl (C=O) groups excluding carboxylic acids is 4. The summed E-state index contributed by atoms with van der Waals surface area (Å²) in [5.74, 6) is -1.20. The highest BCUT2D eigenvalue weighted by Gasteiger charge is 2.54. The van der Waals surface area contributed by atoms with Gasteiger partial charge in [0.2, 0.25) is 0 Å². The molecular weight excluding hydrogens is 544 g/mol. The number of rotatable bonds is 8. The Morgan fingerprint density at radius 2 is 0.744 bits per heavy atom. The topological polar surface area (TPSA) is 86.7 Å². The summed E-state index contributed by atoms with van der Waals surface area (Å²) in [5, 5.41) is 0. The summed E-state index contributed by atoms with van der Waals surface area (Å²) in [6, 6.07) is 31.8. The van der Waals surface area contributed by atoms with Crippen molar-refractivity contribution in [1.29, 1.82) is 0 Å². The fourth-order valence-electron chi connectivity index (χ4n) is 5.34. The second kappa shape index (κ2) is 10.4. The van der Waals surface area contributed by atoms with Crippen LogP contribution >= 0.6 is 0 Å². The van der Waals surface area contributed by atoms with E-state index in [1.165, 1.54) is 24.3 Å². The van der Waals surface area contributed by atoms with E-state index in [2.05, 4.69) is 0 Å². The predicted molar refractivity (Wildman–Crippen MR) is 161 cm³/mol. The molecule has 0 fully saturated rings. The fraction of sp³-hybridized carbons (Fsp3) is 0.0857. The maximum absolute atomic E-state index is 13.0. The Labute approximate surface area is 248 Å². The molecule has 0 atom stereocenters. The van der Waals surface area contributed by atoms with Gasteiger partial charge in [0.05, 0.1) is 24.3 Å². The van der Waals surface area contributed by atoms with Crippen LogP contribution in [-0.4, -0.2) is 23.6 Å². The minimum absolute atomic E-state index is 0.377. The zero-order chi connectivity index (χ0) is 30.2. The average Bonchev–Trinajstić information content (AvgIpc) is 3.48. The molecule has 0 spiro atoms. The van der Waals surface area contributed by atoms with Crippen LogP contribution in [0.4, 0.5) is 11.4 Å². The Kier molecular flexibility index (Phi) is 6.73. The smallest absolute Gasteiger partial charge is 0.293 e. The van der Waals surface area contributed by atoms with Crippen molar-refractivity contribution >= 4 is 35.0 Å². The van der Waals surface area contributed by atoms with Crippen LogP contribution in [0.1, 0.15) is 25.0 Å². The first kappa shape index (κ1) is 27.7. The lowest BCUT2D eigenvalue weighted by atomic mass is 9.78. The van der Waals surface area contributed by atoms with Gasteiger partial charge >= 0.3 is 23.6 Å². The van der Waals surface area contributed by atoms with E-state index in [1.807, 2.05) is 50.2 Å². The van der Waals surface area contributed by atoms with Gasteiger partial charge in [0.15, 0.2) is 22.9 Å². The summed E-state index contributed by atoms with van der Waals surface area (Å²) in [7, 11) is 0. The number of imide groups is 2. The van der Waals surface area contributed by atoms with Gasteiger partial charge in [0.1, 0.15) is 0 Å². The second-order valence-corrected chi connectivity index (χ2v) is 10.8. The highest BCUT2D eigenvalue weighted by Crippen LogP contribution is 2.38. The minimum atomic E-state index is -0.920. The number of hydroxylamine groups is 4. The van der Waals surface area contributed by atoms with E-state index in [0.717, 1.165) is 11.1 Å². The molecule has 43 heavy (non-hydrogen) atoms. The van der Waals surface area contributed by atoms with Gasteiger partial charge in [-0.25, -0.2) is 19.2 Å². The van der Waals surface area contributed by atoms with Crippen molar-refractivity contribution < 1.29 is 28.9 Å². The van der Waals surface area contributed by atoms with E-state index >= 15 is 0 Å². The minimum Gasteiger partial charge on any atom is -0.293 e. The molecule has 0 bridgehead atoms. The highest BCUT2D eigenvalue weighted by atomic mass is 16.7. The van der Waals surface area contributed by atoms with Crippen LogP contribution in [0.25, 0.3) is 0 Å². The largest absolute Gasteiger partial charge is 0.393 e. The predicted octanol–water partition coefficient (Wildman–Crippen LogP) is 5.86. The molecule has 4 amide bonds. The summed E-state index contributed by atoms with van der Waals surface area (Å²) < 4.78 is -1.84. The lowest BCUT2D eigenvalue weighted by Gasteiger charge is -2.29. The van der Waals surface area contributed by atoms with Gasteiger partial charge in [-0.1, -0.05) is 74.5 Å². The van der Waals surface area contributed by atoms with Crippen LogP contribution in [-0.2, 0) is 24.6 Å². The first-order chi connectivity index (χ1) is 20.7. The molecule has 0 aliphatic carbocycles. The first-order valence-corrected chi connectivity index (χ1v) is 13.7. The van der Waals surface area contributed by atoms with Crippen molar-refractivity contribution in [3.63, 3.8) is 0 Å². The SMILES string of the molecule is CC(C)(c1ccc([N+]2(Oc3ccccc3)C(=O)C=CC2=O)cc1)c1ccc([N+]2(Oc3ccccc3)C(=O)C=CC2=O)cc1. The lowest BCUT2D eigenvalue weighted by molar-refractivity contribution is -0.161.